The maximum Gasteiger partial charge on any atom is 0.416 e. The van der Waals surface area contributed by atoms with E-state index in [-0.39, 0.29) is 35.4 Å². The molecule has 164 valence electrons. The van der Waals surface area contributed by atoms with Crippen LogP contribution in [0.2, 0.25) is 0 Å². The Balaban J connectivity index is 1.90. The molecule has 0 unspecified atom stereocenters. The monoisotopic (exact) mass is 444 g/mol. The molecule has 30 heavy (non-hydrogen) atoms. The highest BCUT2D eigenvalue weighted by Crippen LogP contribution is 2.31. The van der Waals surface area contributed by atoms with Crippen LogP contribution >= 0.6 is 0 Å². The maximum absolute atomic E-state index is 12.7. The standard InChI is InChI=1S/C20H23F3N2O4S/c1-14(2)25(3)30(27,28)18-9-7-15(8-10-18)19(26)24-11-12-29-17-6-4-5-16(13-17)20(21,22)23/h4-10,13-14H,11-12H2,1-3H3,(H,24,26). The van der Waals surface area contributed by atoms with Gasteiger partial charge in [0.1, 0.15) is 12.4 Å². The van der Waals surface area contributed by atoms with Crippen molar-refractivity contribution < 1.29 is 31.1 Å². The van der Waals surface area contributed by atoms with E-state index in [1.165, 1.54) is 47.8 Å². The summed E-state index contributed by atoms with van der Waals surface area (Å²) in [4.78, 5) is 12.2. The van der Waals surface area contributed by atoms with Crippen LogP contribution in [-0.4, -0.2) is 44.9 Å². The van der Waals surface area contributed by atoms with E-state index in [2.05, 4.69) is 5.32 Å². The topological polar surface area (TPSA) is 75.7 Å². The fourth-order valence-electron chi connectivity index (χ4n) is 2.42. The van der Waals surface area contributed by atoms with Crippen LogP contribution in [-0.2, 0) is 16.2 Å². The molecule has 0 fully saturated rings. The number of sulfonamides is 1. The van der Waals surface area contributed by atoms with Crippen molar-refractivity contribution in [1.29, 1.82) is 0 Å². The smallest absolute Gasteiger partial charge is 0.416 e. The van der Waals surface area contributed by atoms with Gasteiger partial charge in [0, 0.05) is 18.7 Å². The zero-order valence-corrected chi connectivity index (χ0v) is 17.5. The Morgan fingerprint density at radius 1 is 1.13 bits per heavy atom. The summed E-state index contributed by atoms with van der Waals surface area (Å²) in [5.74, 6) is -0.410. The molecule has 0 spiro atoms. The number of amides is 1. The van der Waals surface area contributed by atoms with Gasteiger partial charge in [-0.25, -0.2) is 8.42 Å². The second-order valence-electron chi connectivity index (χ2n) is 6.77. The van der Waals surface area contributed by atoms with Crippen LogP contribution < -0.4 is 10.1 Å². The zero-order chi connectivity index (χ0) is 22.5. The molecule has 0 radical (unpaired) electrons. The molecule has 0 aliphatic carbocycles. The maximum atomic E-state index is 12.7. The Bertz CT molecular complexity index is 974. The second kappa shape index (κ2) is 9.48. The number of benzene rings is 2. The lowest BCUT2D eigenvalue weighted by Gasteiger charge is -2.21. The predicted molar refractivity (Wildman–Crippen MR) is 106 cm³/mol. The van der Waals surface area contributed by atoms with Crippen molar-refractivity contribution >= 4 is 15.9 Å². The summed E-state index contributed by atoms with van der Waals surface area (Å²) in [5.41, 5.74) is -0.567. The third-order valence-corrected chi connectivity index (χ3v) is 6.39. The van der Waals surface area contributed by atoms with Gasteiger partial charge in [0.05, 0.1) is 17.0 Å². The first-order valence-electron chi connectivity index (χ1n) is 9.09. The SMILES string of the molecule is CC(C)N(C)S(=O)(=O)c1ccc(C(=O)NCCOc2cccc(C(F)(F)F)c2)cc1. The van der Waals surface area contributed by atoms with Gasteiger partial charge < -0.3 is 10.1 Å². The molecule has 10 heteroatoms. The van der Waals surface area contributed by atoms with Crippen LogP contribution in [0.4, 0.5) is 13.2 Å². The van der Waals surface area contributed by atoms with E-state index in [9.17, 15) is 26.4 Å². The molecule has 1 amide bonds. The second-order valence-corrected chi connectivity index (χ2v) is 8.77. The van der Waals surface area contributed by atoms with E-state index in [4.69, 9.17) is 4.74 Å². The molecule has 1 N–H and O–H groups in total. The molecule has 0 heterocycles. The van der Waals surface area contributed by atoms with E-state index in [0.717, 1.165) is 12.1 Å². The molecular formula is C20H23F3N2O4S. The first kappa shape index (κ1) is 23.7. The molecule has 0 atom stereocenters. The number of rotatable bonds is 8. The third-order valence-electron chi connectivity index (χ3n) is 4.34. The molecular weight excluding hydrogens is 421 g/mol. The normalized spacial score (nSPS) is 12.3. The minimum Gasteiger partial charge on any atom is -0.492 e. The molecule has 0 bridgehead atoms. The molecule has 2 aromatic rings. The molecule has 2 rings (SSSR count). The highest BCUT2D eigenvalue weighted by molar-refractivity contribution is 7.89. The Morgan fingerprint density at radius 2 is 1.77 bits per heavy atom. The number of carbonyl (C=O) groups excluding carboxylic acids is 1. The molecule has 0 aliphatic heterocycles. The molecule has 0 saturated carbocycles. The quantitative estimate of drug-likeness (QED) is 0.632. The first-order valence-corrected chi connectivity index (χ1v) is 10.5. The summed E-state index contributed by atoms with van der Waals surface area (Å²) in [6, 6.07) is 9.73. The molecule has 6 nitrogen and oxygen atoms in total. The van der Waals surface area contributed by atoms with Gasteiger partial charge in [-0.3, -0.25) is 4.79 Å². The lowest BCUT2D eigenvalue weighted by atomic mass is 10.2. The summed E-state index contributed by atoms with van der Waals surface area (Å²) >= 11 is 0. The van der Waals surface area contributed by atoms with Gasteiger partial charge in [-0.15, -0.1) is 0 Å². The van der Waals surface area contributed by atoms with Crippen LogP contribution in [0.1, 0.15) is 29.8 Å². The highest BCUT2D eigenvalue weighted by atomic mass is 32.2. The van der Waals surface area contributed by atoms with Gasteiger partial charge in [-0.2, -0.15) is 17.5 Å². The van der Waals surface area contributed by atoms with E-state index in [1.54, 1.807) is 13.8 Å². The van der Waals surface area contributed by atoms with Gasteiger partial charge in [-0.05, 0) is 56.3 Å². The molecule has 0 saturated heterocycles. The number of alkyl halides is 3. The average Bonchev–Trinajstić information content (AvgIpc) is 2.70. The van der Waals surface area contributed by atoms with Crippen LogP contribution in [0.5, 0.6) is 5.75 Å². The Kier molecular flexibility index (Phi) is 7.49. The van der Waals surface area contributed by atoms with E-state index in [0.29, 0.717) is 0 Å². The van der Waals surface area contributed by atoms with E-state index < -0.39 is 27.7 Å². The lowest BCUT2D eigenvalue weighted by Crippen LogP contribution is -2.33. The number of nitrogens with zero attached hydrogens (tertiary/aromatic N) is 1. The van der Waals surface area contributed by atoms with Crippen LogP contribution in [0.25, 0.3) is 0 Å². The number of hydrogen-bond donors (Lipinski definition) is 1. The summed E-state index contributed by atoms with van der Waals surface area (Å²) in [6.07, 6.45) is -4.46. The van der Waals surface area contributed by atoms with Crippen molar-refractivity contribution in [3.63, 3.8) is 0 Å². The van der Waals surface area contributed by atoms with Crippen LogP contribution in [0.3, 0.4) is 0 Å². The van der Waals surface area contributed by atoms with Gasteiger partial charge in [-0.1, -0.05) is 6.07 Å². The largest absolute Gasteiger partial charge is 0.492 e. The van der Waals surface area contributed by atoms with Gasteiger partial charge >= 0.3 is 6.18 Å². The Labute approximate surface area is 173 Å². The predicted octanol–water partition coefficient (Wildman–Crippen LogP) is 3.54. The summed E-state index contributed by atoms with van der Waals surface area (Å²) in [5, 5.41) is 2.57. The van der Waals surface area contributed by atoms with Gasteiger partial charge in [0.2, 0.25) is 10.0 Å². The van der Waals surface area contributed by atoms with Crippen molar-refractivity contribution in [1.82, 2.24) is 9.62 Å². The number of carbonyl (C=O) groups is 1. The van der Waals surface area contributed by atoms with Crippen LogP contribution in [0, 0.1) is 0 Å². The van der Waals surface area contributed by atoms with E-state index >= 15 is 0 Å². The molecule has 0 aliphatic rings. The van der Waals surface area contributed by atoms with Crippen LogP contribution in [0.15, 0.2) is 53.4 Å². The van der Waals surface area contributed by atoms with E-state index in [1.807, 2.05) is 0 Å². The first-order chi connectivity index (χ1) is 13.9. The van der Waals surface area contributed by atoms with Crippen molar-refractivity contribution in [3.8, 4) is 5.75 Å². The van der Waals surface area contributed by atoms with Crippen molar-refractivity contribution in [2.75, 3.05) is 20.2 Å². The lowest BCUT2D eigenvalue weighted by molar-refractivity contribution is -0.137. The average molecular weight is 444 g/mol. The fraction of sp³-hybridized carbons (Fsp3) is 0.350. The Morgan fingerprint density at radius 3 is 2.33 bits per heavy atom. The van der Waals surface area contributed by atoms with Crippen molar-refractivity contribution in [2.24, 2.45) is 0 Å². The number of halogens is 3. The molecule has 0 aromatic heterocycles. The summed E-state index contributed by atoms with van der Waals surface area (Å²) < 4.78 is 69.4. The van der Waals surface area contributed by atoms with Gasteiger partial charge in [0.15, 0.2) is 0 Å². The highest BCUT2D eigenvalue weighted by Gasteiger charge is 2.30. The summed E-state index contributed by atoms with van der Waals surface area (Å²) in [6.45, 7) is 3.53. The minimum atomic E-state index is -4.46. The number of nitrogens with one attached hydrogen (secondary N) is 1. The number of hydrogen-bond acceptors (Lipinski definition) is 4. The summed E-state index contributed by atoms with van der Waals surface area (Å²) in [7, 11) is -2.17. The van der Waals surface area contributed by atoms with Crippen molar-refractivity contribution in [3.05, 3.63) is 59.7 Å². The zero-order valence-electron chi connectivity index (χ0n) is 16.7. The third kappa shape index (κ3) is 5.96. The minimum absolute atomic E-state index is 0.0291. The van der Waals surface area contributed by atoms with Crippen molar-refractivity contribution in [2.45, 2.75) is 31.0 Å². The van der Waals surface area contributed by atoms with Gasteiger partial charge in [0.25, 0.3) is 5.91 Å². The molecule has 2 aromatic carbocycles. The number of ether oxygens (including phenoxy) is 1. The Hall–Kier alpha value is -2.59. The fourth-order valence-corrected chi connectivity index (χ4v) is 3.79.